The van der Waals surface area contributed by atoms with Crippen LogP contribution in [0.1, 0.15) is 27.7 Å². The first-order chi connectivity index (χ1) is 6.77. The summed E-state index contributed by atoms with van der Waals surface area (Å²) in [6.07, 6.45) is 1.90. The molecule has 0 N–H and O–H groups in total. The summed E-state index contributed by atoms with van der Waals surface area (Å²) in [5.74, 6) is 0. The van der Waals surface area contributed by atoms with E-state index in [0.29, 0.717) is 0 Å². The molecule has 0 radical (unpaired) electrons. The van der Waals surface area contributed by atoms with Crippen LogP contribution in [-0.4, -0.2) is 6.29 Å². The van der Waals surface area contributed by atoms with E-state index in [2.05, 4.69) is 26.0 Å². The molecule has 0 atom stereocenters. The van der Waals surface area contributed by atoms with Gasteiger partial charge in [-0.25, -0.2) is 0 Å². The minimum atomic E-state index is 0.886. The zero-order chi connectivity index (χ0) is 10.1. The topological polar surface area (TPSA) is 17.1 Å². The van der Waals surface area contributed by atoms with E-state index in [-0.39, 0.29) is 0 Å². The Kier molecular flexibility index (Phi) is 2.38. The van der Waals surface area contributed by atoms with Crippen LogP contribution >= 0.6 is 11.3 Å². The molecule has 1 nitrogen and oxygen atoms in total. The molecule has 0 aliphatic carbocycles. The molecule has 2 rings (SSSR count). The molecule has 0 fully saturated rings. The predicted octanol–water partition coefficient (Wildman–Crippen LogP) is 3.58. The summed E-state index contributed by atoms with van der Waals surface area (Å²) in [5.41, 5.74) is 2.47. The number of carbonyl (C=O) groups excluding carboxylic acids is 1. The van der Waals surface area contributed by atoms with Crippen molar-refractivity contribution in [3.8, 4) is 0 Å². The molecule has 1 aromatic carbocycles. The van der Waals surface area contributed by atoms with Crippen molar-refractivity contribution in [3.05, 3.63) is 34.2 Å². The summed E-state index contributed by atoms with van der Waals surface area (Å²) in [6.45, 7) is 4.20. The van der Waals surface area contributed by atoms with E-state index >= 15 is 0 Å². The Balaban J connectivity index is 2.88. The van der Waals surface area contributed by atoms with Gasteiger partial charge in [-0.15, -0.1) is 11.3 Å². The van der Waals surface area contributed by atoms with Crippen molar-refractivity contribution in [2.24, 2.45) is 0 Å². The smallest absolute Gasteiger partial charge is 0.160 e. The molecule has 14 heavy (non-hydrogen) atoms. The highest BCUT2D eigenvalue weighted by molar-refractivity contribution is 7.20. The van der Waals surface area contributed by atoms with Crippen molar-refractivity contribution in [2.75, 3.05) is 0 Å². The van der Waals surface area contributed by atoms with Gasteiger partial charge in [0.25, 0.3) is 0 Å². The van der Waals surface area contributed by atoms with Crippen LogP contribution in [0.5, 0.6) is 0 Å². The van der Waals surface area contributed by atoms with Crippen LogP contribution in [0, 0.1) is 6.92 Å². The quantitative estimate of drug-likeness (QED) is 0.683. The normalized spacial score (nSPS) is 10.7. The Bertz CT molecular complexity index is 482. The maximum atomic E-state index is 10.9. The molecule has 0 saturated heterocycles. The number of carbonyl (C=O) groups is 1. The summed E-state index contributed by atoms with van der Waals surface area (Å²) in [4.78, 5) is 11.8. The van der Waals surface area contributed by atoms with Crippen molar-refractivity contribution in [1.82, 2.24) is 0 Å². The highest BCUT2D eigenvalue weighted by Crippen LogP contribution is 2.32. The lowest BCUT2D eigenvalue weighted by Crippen LogP contribution is -1.85. The molecular formula is C12H12OS. The number of rotatable bonds is 2. The van der Waals surface area contributed by atoms with Crippen LogP contribution in [0.15, 0.2) is 18.2 Å². The van der Waals surface area contributed by atoms with E-state index in [9.17, 15) is 4.79 Å². The van der Waals surface area contributed by atoms with Gasteiger partial charge in [0.2, 0.25) is 0 Å². The highest BCUT2D eigenvalue weighted by atomic mass is 32.1. The molecule has 72 valence electrons. The van der Waals surface area contributed by atoms with Crippen molar-refractivity contribution >= 4 is 27.7 Å². The number of fused-ring (bicyclic) bond motifs is 1. The summed E-state index contributed by atoms with van der Waals surface area (Å²) in [5, 5.41) is 1.28. The van der Waals surface area contributed by atoms with Crippen molar-refractivity contribution in [3.63, 3.8) is 0 Å². The Morgan fingerprint density at radius 1 is 1.43 bits per heavy atom. The Hall–Kier alpha value is -1.15. The number of hydrogen-bond acceptors (Lipinski definition) is 2. The number of thiophene rings is 1. The first-order valence-electron chi connectivity index (χ1n) is 4.74. The highest BCUT2D eigenvalue weighted by Gasteiger charge is 2.10. The van der Waals surface area contributed by atoms with Gasteiger partial charge in [0.15, 0.2) is 6.29 Å². The lowest BCUT2D eigenvalue weighted by molar-refractivity contribution is 0.112. The number of aryl methyl sites for hydroxylation is 2. The van der Waals surface area contributed by atoms with Crippen LogP contribution < -0.4 is 0 Å². The van der Waals surface area contributed by atoms with E-state index in [0.717, 1.165) is 17.6 Å². The fourth-order valence-electron chi connectivity index (χ4n) is 1.86. The Morgan fingerprint density at radius 2 is 2.21 bits per heavy atom. The van der Waals surface area contributed by atoms with Crippen molar-refractivity contribution in [2.45, 2.75) is 20.3 Å². The largest absolute Gasteiger partial charge is 0.297 e. The van der Waals surface area contributed by atoms with Gasteiger partial charge in [-0.05, 0) is 35.9 Å². The van der Waals surface area contributed by atoms with Crippen LogP contribution in [0.2, 0.25) is 0 Å². The van der Waals surface area contributed by atoms with E-state index in [1.54, 1.807) is 11.3 Å². The molecule has 0 spiro atoms. The minimum absolute atomic E-state index is 0.886. The predicted molar refractivity (Wildman–Crippen MR) is 61.3 cm³/mol. The minimum Gasteiger partial charge on any atom is -0.297 e. The fourth-order valence-corrected chi connectivity index (χ4v) is 3.05. The molecule has 0 aliphatic heterocycles. The number of hydrogen-bond donors (Lipinski definition) is 0. The van der Waals surface area contributed by atoms with E-state index in [4.69, 9.17) is 0 Å². The second-order valence-corrected chi connectivity index (χ2v) is 4.45. The molecular weight excluding hydrogens is 192 g/mol. The van der Waals surface area contributed by atoms with E-state index in [1.165, 1.54) is 21.2 Å². The second-order valence-electron chi connectivity index (χ2n) is 3.36. The third-order valence-corrected chi connectivity index (χ3v) is 3.64. The fraction of sp³-hybridized carbons (Fsp3) is 0.250. The zero-order valence-electron chi connectivity index (χ0n) is 8.33. The maximum Gasteiger partial charge on any atom is 0.160 e. The molecule has 2 heteroatoms. The zero-order valence-corrected chi connectivity index (χ0v) is 9.15. The third-order valence-electron chi connectivity index (χ3n) is 2.51. The van der Waals surface area contributed by atoms with Gasteiger partial charge in [-0.1, -0.05) is 19.1 Å². The molecule has 0 unspecified atom stereocenters. The molecule has 0 aliphatic rings. The van der Waals surface area contributed by atoms with Crippen LogP contribution in [-0.2, 0) is 6.42 Å². The SMILES string of the molecule is CCc1c(C=O)sc2cccc(C)c12. The maximum absolute atomic E-state index is 10.9. The molecule has 1 heterocycles. The average molecular weight is 204 g/mol. The van der Waals surface area contributed by atoms with Crippen LogP contribution in [0.3, 0.4) is 0 Å². The Morgan fingerprint density at radius 3 is 2.86 bits per heavy atom. The standard InChI is InChI=1S/C12H12OS/c1-3-9-11(7-13)14-10-6-4-5-8(2)12(9)10/h4-7H,3H2,1-2H3. The summed E-state index contributed by atoms with van der Waals surface area (Å²) in [6, 6.07) is 6.23. The van der Waals surface area contributed by atoms with Gasteiger partial charge in [0.1, 0.15) is 0 Å². The van der Waals surface area contributed by atoms with Gasteiger partial charge in [0, 0.05) is 4.70 Å². The molecule has 1 aromatic heterocycles. The molecule has 2 aromatic rings. The summed E-state index contributed by atoms with van der Waals surface area (Å²) >= 11 is 1.59. The molecule has 0 saturated carbocycles. The number of aldehydes is 1. The summed E-state index contributed by atoms with van der Waals surface area (Å²) < 4.78 is 1.23. The summed E-state index contributed by atoms with van der Waals surface area (Å²) in [7, 11) is 0. The van der Waals surface area contributed by atoms with Crippen molar-refractivity contribution < 1.29 is 4.79 Å². The van der Waals surface area contributed by atoms with Gasteiger partial charge in [0.05, 0.1) is 4.88 Å². The second kappa shape index (κ2) is 3.54. The number of benzene rings is 1. The van der Waals surface area contributed by atoms with Gasteiger partial charge in [-0.3, -0.25) is 4.79 Å². The lowest BCUT2D eigenvalue weighted by Gasteiger charge is -1.99. The first kappa shape index (κ1) is 9.41. The lowest BCUT2D eigenvalue weighted by atomic mass is 10.0. The van der Waals surface area contributed by atoms with Crippen molar-refractivity contribution in [1.29, 1.82) is 0 Å². The van der Waals surface area contributed by atoms with Gasteiger partial charge in [-0.2, -0.15) is 0 Å². The average Bonchev–Trinajstić information content (AvgIpc) is 2.56. The third kappa shape index (κ3) is 1.26. The van der Waals surface area contributed by atoms with Gasteiger partial charge >= 0.3 is 0 Å². The first-order valence-corrected chi connectivity index (χ1v) is 5.55. The Labute approximate surface area is 87.4 Å². The molecule has 0 bridgehead atoms. The monoisotopic (exact) mass is 204 g/mol. The van der Waals surface area contributed by atoms with Crippen LogP contribution in [0.25, 0.3) is 10.1 Å². The van der Waals surface area contributed by atoms with Crippen LogP contribution in [0.4, 0.5) is 0 Å². The molecule has 0 amide bonds. The van der Waals surface area contributed by atoms with Gasteiger partial charge < -0.3 is 0 Å². The van der Waals surface area contributed by atoms with E-state index < -0.39 is 0 Å². The van der Waals surface area contributed by atoms with E-state index in [1.807, 2.05) is 6.07 Å².